The van der Waals surface area contributed by atoms with Crippen molar-refractivity contribution in [2.45, 2.75) is 90.8 Å². The minimum Gasteiger partial charge on any atom is -0.463 e. The number of rotatable bonds is 1. The van der Waals surface area contributed by atoms with E-state index < -0.39 is 0 Å². The van der Waals surface area contributed by atoms with Gasteiger partial charge in [0.25, 0.3) is 0 Å². The second-order valence-corrected chi connectivity index (χ2v) is 9.89. The molecule has 3 nitrogen and oxygen atoms in total. The summed E-state index contributed by atoms with van der Waals surface area (Å²) in [6.45, 7) is 6.49. The summed E-state index contributed by atoms with van der Waals surface area (Å²) in [6, 6.07) is 0. The van der Waals surface area contributed by atoms with Crippen LogP contribution in [0.5, 0.6) is 0 Å². The Morgan fingerprint density at radius 3 is 2.58 bits per heavy atom. The summed E-state index contributed by atoms with van der Waals surface area (Å²) in [7, 11) is 0. The van der Waals surface area contributed by atoms with Gasteiger partial charge in [0.1, 0.15) is 6.10 Å². The Morgan fingerprint density at radius 2 is 1.83 bits per heavy atom. The fourth-order valence-electron chi connectivity index (χ4n) is 7.52. The van der Waals surface area contributed by atoms with Crippen LogP contribution in [0.25, 0.3) is 0 Å². The van der Waals surface area contributed by atoms with Gasteiger partial charge in [0, 0.05) is 6.92 Å². The van der Waals surface area contributed by atoms with Gasteiger partial charge in [-0.25, -0.2) is 0 Å². The molecule has 0 aromatic rings. The lowest BCUT2D eigenvalue weighted by molar-refractivity contribution is -0.178. The molecule has 0 aromatic heterocycles. The van der Waals surface area contributed by atoms with Crippen molar-refractivity contribution in [3.63, 3.8) is 0 Å². The molecule has 4 fully saturated rings. The highest BCUT2D eigenvalue weighted by Gasteiger charge is 2.60. The van der Waals surface area contributed by atoms with E-state index in [0.717, 1.165) is 31.6 Å². The number of hydrogen-bond acceptors (Lipinski definition) is 3. The first-order valence-electron chi connectivity index (χ1n) is 10.2. The number of aliphatic hydroxyl groups excluding tert-OH is 1. The SMILES string of the molecule is CC(=O)O[C@@H]1CC[C@@]2(C)[C@H](C1)C[C@@H](O)[C@H]1[C@@H]3CCC[C@@]3(C)CC[C@@H]12. The molecule has 1 N–H and O–H groups in total. The van der Waals surface area contributed by atoms with Crippen LogP contribution in [0.15, 0.2) is 0 Å². The first kappa shape index (κ1) is 16.9. The maximum Gasteiger partial charge on any atom is 0.302 e. The lowest BCUT2D eigenvalue weighted by Gasteiger charge is -2.61. The van der Waals surface area contributed by atoms with Crippen LogP contribution in [0.4, 0.5) is 0 Å². The molecule has 0 heterocycles. The molecule has 136 valence electrons. The highest BCUT2D eigenvalue weighted by atomic mass is 16.5. The van der Waals surface area contributed by atoms with Crippen molar-refractivity contribution < 1.29 is 14.6 Å². The van der Waals surface area contributed by atoms with Crippen molar-refractivity contribution in [3.8, 4) is 0 Å². The third-order valence-electron chi connectivity index (χ3n) is 8.75. The van der Waals surface area contributed by atoms with Crippen LogP contribution in [0.3, 0.4) is 0 Å². The quantitative estimate of drug-likeness (QED) is 0.726. The number of ether oxygens (including phenoxy) is 1. The van der Waals surface area contributed by atoms with E-state index in [2.05, 4.69) is 13.8 Å². The summed E-state index contributed by atoms with van der Waals surface area (Å²) in [5, 5.41) is 11.1. The van der Waals surface area contributed by atoms with E-state index >= 15 is 0 Å². The predicted molar refractivity (Wildman–Crippen MR) is 93.3 cm³/mol. The molecule has 0 aromatic carbocycles. The van der Waals surface area contributed by atoms with Crippen molar-refractivity contribution in [1.29, 1.82) is 0 Å². The third kappa shape index (κ3) is 2.45. The van der Waals surface area contributed by atoms with Crippen molar-refractivity contribution in [1.82, 2.24) is 0 Å². The number of hydrogen-bond donors (Lipinski definition) is 1. The molecule has 8 atom stereocenters. The fourth-order valence-corrected chi connectivity index (χ4v) is 7.52. The third-order valence-corrected chi connectivity index (χ3v) is 8.75. The summed E-state index contributed by atoms with van der Waals surface area (Å²) in [5.74, 6) is 2.27. The molecule has 0 aliphatic heterocycles. The monoisotopic (exact) mass is 334 g/mol. The van der Waals surface area contributed by atoms with Crippen LogP contribution < -0.4 is 0 Å². The van der Waals surface area contributed by atoms with E-state index in [1.807, 2.05) is 0 Å². The molecule has 0 saturated heterocycles. The zero-order valence-electron chi connectivity index (χ0n) is 15.6. The first-order valence-corrected chi connectivity index (χ1v) is 10.2. The highest BCUT2D eigenvalue weighted by molar-refractivity contribution is 5.66. The standard InChI is InChI=1S/C21H34O3/c1-13(22)24-15-6-10-21(3)14(11-15)12-18(23)19-16-5-4-8-20(16,2)9-7-17(19)21/h14-19,23H,4-12H2,1-3H3/t14-,15-,16+,17+,18-,19+,20+,21+/m1/s1. The van der Waals surface area contributed by atoms with E-state index in [0.29, 0.717) is 28.6 Å². The molecule has 4 aliphatic rings. The second-order valence-electron chi connectivity index (χ2n) is 9.89. The Hall–Kier alpha value is -0.570. The van der Waals surface area contributed by atoms with Gasteiger partial charge in [0.15, 0.2) is 0 Å². The van der Waals surface area contributed by atoms with E-state index in [9.17, 15) is 9.90 Å². The van der Waals surface area contributed by atoms with Gasteiger partial charge in [-0.1, -0.05) is 20.3 Å². The van der Waals surface area contributed by atoms with Crippen LogP contribution in [0.1, 0.15) is 78.6 Å². The number of carbonyl (C=O) groups is 1. The molecule has 0 amide bonds. The Bertz CT molecular complexity index is 517. The zero-order chi connectivity index (χ0) is 17.1. The molecule has 4 saturated carbocycles. The van der Waals surface area contributed by atoms with Gasteiger partial charge in [0.2, 0.25) is 0 Å². The van der Waals surface area contributed by atoms with E-state index in [-0.39, 0.29) is 18.2 Å². The average Bonchev–Trinajstić information content (AvgIpc) is 2.90. The molecule has 0 bridgehead atoms. The molecule has 3 heteroatoms. The number of esters is 1. The van der Waals surface area contributed by atoms with E-state index in [1.54, 1.807) is 0 Å². The summed E-state index contributed by atoms with van der Waals surface area (Å²) >= 11 is 0. The fraction of sp³-hybridized carbons (Fsp3) is 0.952. The van der Waals surface area contributed by atoms with Gasteiger partial charge in [-0.05, 0) is 85.9 Å². The van der Waals surface area contributed by atoms with E-state index in [4.69, 9.17) is 4.74 Å². The van der Waals surface area contributed by atoms with Crippen LogP contribution >= 0.6 is 0 Å². The summed E-state index contributed by atoms with van der Waals surface area (Å²) in [4.78, 5) is 11.3. The second kappa shape index (κ2) is 5.72. The van der Waals surface area contributed by atoms with Crippen LogP contribution in [0, 0.1) is 34.5 Å². The van der Waals surface area contributed by atoms with Gasteiger partial charge in [-0.2, -0.15) is 0 Å². The van der Waals surface area contributed by atoms with Gasteiger partial charge < -0.3 is 9.84 Å². The van der Waals surface area contributed by atoms with Crippen LogP contribution in [-0.4, -0.2) is 23.3 Å². The maximum absolute atomic E-state index is 11.3. The summed E-state index contributed by atoms with van der Waals surface area (Å²) < 4.78 is 5.52. The minimum absolute atomic E-state index is 0.0738. The molecule has 24 heavy (non-hydrogen) atoms. The molecule has 0 radical (unpaired) electrons. The zero-order valence-corrected chi connectivity index (χ0v) is 15.6. The number of fused-ring (bicyclic) bond motifs is 5. The van der Waals surface area contributed by atoms with Gasteiger partial charge in [-0.3, -0.25) is 4.79 Å². The maximum atomic E-state index is 11.3. The minimum atomic E-state index is -0.155. The normalized spacial score (nSPS) is 53.7. The van der Waals surface area contributed by atoms with Crippen LogP contribution in [-0.2, 0) is 9.53 Å². The topological polar surface area (TPSA) is 46.5 Å². The Labute approximate surface area is 146 Å². The van der Waals surface area contributed by atoms with Crippen molar-refractivity contribution >= 4 is 5.97 Å². The molecular formula is C21H34O3. The smallest absolute Gasteiger partial charge is 0.302 e. The lowest BCUT2D eigenvalue weighted by Crippen LogP contribution is -2.58. The van der Waals surface area contributed by atoms with Crippen LogP contribution in [0.2, 0.25) is 0 Å². The van der Waals surface area contributed by atoms with Crippen molar-refractivity contribution in [2.75, 3.05) is 0 Å². The Kier molecular flexibility index (Phi) is 4.02. The lowest BCUT2D eigenvalue weighted by atomic mass is 9.44. The van der Waals surface area contributed by atoms with Gasteiger partial charge >= 0.3 is 5.97 Å². The molecule has 4 aliphatic carbocycles. The van der Waals surface area contributed by atoms with Crippen molar-refractivity contribution in [3.05, 3.63) is 0 Å². The number of carbonyl (C=O) groups excluding carboxylic acids is 1. The Morgan fingerprint density at radius 1 is 1.04 bits per heavy atom. The Balaban J connectivity index is 1.58. The first-order chi connectivity index (χ1) is 11.3. The molecular weight excluding hydrogens is 300 g/mol. The number of aliphatic hydroxyl groups is 1. The van der Waals surface area contributed by atoms with E-state index in [1.165, 1.54) is 39.0 Å². The summed E-state index contributed by atoms with van der Waals surface area (Å²) in [6.07, 6.45) is 10.7. The van der Waals surface area contributed by atoms with Crippen molar-refractivity contribution in [2.24, 2.45) is 34.5 Å². The summed E-state index contributed by atoms with van der Waals surface area (Å²) in [5.41, 5.74) is 0.824. The largest absolute Gasteiger partial charge is 0.463 e. The molecule has 0 unspecified atom stereocenters. The average molecular weight is 335 g/mol. The highest BCUT2D eigenvalue weighted by Crippen LogP contribution is 2.66. The predicted octanol–water partition coefficient (Wildman–Crippen LogP) is 4.32. The molecule has 4 rings (SSSR count). The van der Waals surface area contributed by atoms with Gasteiger partial charge in [0.05, 0.1) is 6.10 Å². The molecule has 0 spiro atoms. The van der Waals surface area contributed by atoms with Gasteiger partial charge in [-0.15, -0.1) is 0 Å².